The summed E-state index contributed by atoms with van der Waals surface area (Å²) < 4.78 is 15.6. The summed E-state index contributed by atoms with van der Waals surface area (Å²) in [6.07, 6.45) is 1.01. The molecule has 17 heavy (non-hydrogen) atoms. The van der Waals surface area contributed by atoms with Gasteiger partial charge in [-0.3, -0.25) is 0 Å². The smallest absolute Gasteiger partial charge is 0.0701 e. The fourth-order valence-corrected chi connectivity index (χ4v) is 1.29. The van der Waals surface area contributed by atoms with Crippen LogP contribution in [-0.4, -0.2) is 70.6 Å². The average molecular weight is 268 g/mol. The minimum atomic E-state index is 0.243. The molecule has 0 aromatic rings. The van der Waals surface area contributed by atoms with Gasteiger partial charge in [-0.2, -0.15) is 0 Å². The number of likely N-dealkylation sites (N-methyl/N-ethyl adjacent to an activating group) is 1. The van der Waals surface area contributed by atoms with E-state index in [0.29, 0.717) is 26.4 Å². The topological polar surface area (TPSA) is 30.9 Å². The molecule has 0 rings (SSSR count). The molecule has 5 heteroatoms. The van der Waals surface area contributed by atoms with Crippen LogP contribution in [0.2, 0.25) is 0 Å². The average Bonchev–Trinajstić information content (AvgIpc) is 2.30. The van der Waals surface area contributed by atoms with Crippen molar-refractivity contribution in [2.24, 2.45) is 0 Å². The summed E-state index contributed by atoms with van der Waals surface area (Å²) >= 11 is 5.88. The van der Waals surface area contributed by atoms with Crippen molar-refractivity contribution < 1.29 is 14.2 Å². The Balaban J connectivity index is 3.11. The van der Waals surface area contributed by atoms with E-state index in [1.165, 1.54) is 0 Å². The zero-order valence-corrected chi connectivity index (χ0v) is 12.0. The van der Waals surface area contributed by atoms with E-state index in [9.17, 15) is 0 Å². The van der Waals surface area contributed by atoms with Gasteiger partial charge in [0.15, 0.2) is 0 Å². The monoisotopic (exact) mass is 267 g/mol. The first kappa shape index (κ1) is 17.1. The van der Waals surface area contributed by atoms with Crippen molar-refractivity contribution in [1.82, 2.24) is 4.90 Å². The lowest BCUT2D eigenvalue weighted by Crippen LogP contribution is -2.26. The molecule has 4 nitrogen and oxygen atoms in total. The first-order valence-corrected chi connectivity index (χ1v) is 6.57. The molecule has 0 aliphatic rings. The van der Waals surface area contributed by atoms with Crippen LogP contribution in [0, 0.1) is 0 Å². The summed E-state index contributed by atoms with van der Waals surface area (Å²) in [5.41, 5.74) is 0. The normalized spacial score (nSPS) is 13.2. The molecule has 0 amide bonds. The van der Waals surface area contributed by atoms with E-state index < -0.39 is 0 Å². The quantitative estimate of drug-likeness (QED) is 0.397. The van der Waals surface area contributed by atoms with Crippen LogP contribution in [0.3, 0.4) is 0 Å². The van der Waals surface area contributed by atoms with E-state index in [1.807, 2.05) is 6.92 Å². The van der Waals surface area contributed by atoms with Crippen LogP contribution in [0.5, 0.6) is 0 Å². The van der Waals surface area contributed by atoms with E-state index in [2.05, 4.69) is 11.9 Å². The summed E-state index contributed by atoms with van der Waals surface area (Å²) in [7, 11) is 3.75. The predicted molar refractivity (Wildman–Crippen MR) is 70.9 cm³/mol. The van der Waals surface area contributed by atoms with E-state index in [-0.39, 0.29) is 5.38 Å². The lowest BCUT2D eigenvalue weighted by atomic mass is 10.3. The summed E-state index contributed by atoms with van der Waals surface area (Å²) in [5, 5.41) is 0.243. The van der Waals surface area contributed by atoms with E-state index >= 15 is 0 Å². The molecule has 0 fully saturated rings. The number of methoxy groups -OCH3 is 1. The molecule has 0 spiro atoms. The maximum absolute atomic E-state index is 5.88. The molecule has 0 aromatic carbocycles. The van der Waals surface area contributed by atoms with Crippen molar-refractivity contribution in [3.05, 3.63) is 0 Å². The van der Waals surface area contributed by atoms with Crippen LogP contribution in [0.25, 0.3) is 0 Å². The lowest BCUT2D eigenvalue weighted by Gasteiger charge is -2.17. The Morgan fingerprint density at radius 1 is 1.00 bits per heavy atom. The molecule has 0 radical (unpaired) electrons. The SMILES string of the molecule is COCCOCCOCCN(C)CCC(C)Cl. The number of hydrogen-bond acceptors (Lipinski definition) is 4. The second kappa shape index (κ2) is 12.6. The van der Waals surface area contributed by atoms with Gasteiger partial charge in [0, 0.05) is 19.0 Å². The second-order valence-electron chi connectivity index (χ2n) is 4.09. The molecule has 0 saturated carbocycles. The molecule has 0 aliphatic heterocycles. The molecule has 0 saturated heterocycles. The van der Waals surface area contributed by atoms with Crippen molar-refractivity contribution in [2.45, 2.75) is 18.7 Å². The van der Waals surface area contributed by atoms with Gasteiger partial charge in [0.2, 0.25) is 0 Å². The van der Waals surface area contributed by atoms with Crippen LogP contribution in [0.1, 0.15) is 13.3 Å². The summed E-state index contributed by atoms with van der Waals surface area (Å²) in [5.74, 6) is 0. The fourth-order valence-electron chi connectivity index (χ4n) is 1.19. The van der Waals surface area contributed by atoms with Crippen LogP contribution < -0.4 is 0 Å². The highest BCUT2D eigenvalue weighted by Crippen LogP contribution is 2.00. The van der Waals surface area contributed by atoms with Gasteiger partial charge in [0.05, 0.1) is 33.0 Å². The number of ether oxygens (including phenoxy) is 3. The Hall–Kier alpha value is 0.130. The maximum Gasteiger partial charge on any atom is 0.0701 e. The van der Waals surface area contributed by atoms with Gasteiger partial charge in [-0.15, -0.1) is 11.6 Å². The molecule has 0 bridgehead atoms. The predicted octanol–water partition coefficient (Wildman–Crippen LogP) is 1.62. The highest BCUT2D eigenvalue weighted by atomic mass is 35.5. The summed E-state index contributed by atoms with van der Waals surface area (Å²) in [6, 6.07) is 0. The number of halogens is 1. The molecule has 1 atom stereocenters. The van der Waals surface area contributed by atoms with Gasteiger partial charge >= 0.3 is 0 Å². The minimum Gasteiger partial charge on any atom is -0.382 e. The molecule has 104 valence electrons. The van der Waals surface area contributed by atoms with Crippen molar-refractivity contribution in [3.8, 4) is 0 Å². The third kappa shape index (κ3) is 14.1. The van der Waals surface area contributed by atoms with Crippen LogP contribution >= 0.6 is 11.6 Å². The summed E-state index contributed by atoms with van der Waals surface area (Å²) in [4.78, 5) is 2.23. The van der Waals surface area contributed by atoms with Gasteiger partial charge in [-0.05, 0) is 26.9 Å². The molecule has 0 aromatic heterocycles. The minimum absolute atomic E-state index is 0.243. The Kier molecular flexibility index (Phi) is 12.7. The second-order valence-corrected chi connectivity index (χ2v) is 4.84. The highest BCUT2D eigenvalue weighted by molar-refractivity contribution is 6.20. The molecule has 0 aliphatic carbocycles. The molecule has 0 heterocycles. The third-order valence-corrected chi connectivity index (χ3v) is 2.55. The number of alkyl halides is 1. The van der Waals surface area contributed by atoms with E-state index in [1.54, 1.807) is 7.11 Å². The maximum atomic E-state index is 5.88. The van der Waals surface area contributed by atoms with Gasteiger partial charge in [0.1, 0.15) is 0 Å². The first-order chi connectivity index (χ1) is 8.16. The largest absolute Gasteiger partial charge is 0.382 e. The van der Waals surface area contributed by atoms with Crippen LogP contribution in [-0.2, 0) is 14.2 Å². The van der Waals surface area contributed by atoms with Crippen LogP contribution in [0.15, 0.2) is 0 Å². The Labute approximate surface area is 110 Å². The lowest BCUT2D eigenvalue weighted by molar-refractivity contribution is 0.0208. The number of hydrogen-bond donors (Lipinski definition) is 0. The Morgan fingerprint density at radius 3 is 2.18 bits per heavy atom. The van der Waals surface area contributed by atoms with Gasteiger partial charge in [-0.25, -0.2) is 0 Å². The zero-order chi connectivity index (χ0) is 12.9. The molecule has 1 unspecified atom stereocenters. The summed E-state index contributed by atoms with van der Waals surface area (Å²) in [6.45, 7) is 7.24. The standard InChI is InChI=1S/C12H26ClNO3/c1-12(13)4-5-14(2)6-7-16-10-11-17-9-8-15-3/h12H,4-11H2,1-3H3. The third-order valence-electron chi connectivity index (χ3n) is 2.33. The fraction of sp³-hybridized carbons (Fsp3) is 1.00. The van der Waals surface area contributed by atoms with E-state index in [0.717, 1.165) is 26.1 Å². The van der Waals surface area contributed by atoms with Crippen molar-refractivity contribution in [1.29, 1.82) is 0 Å². The van der Waals surface area contributed by atoms with Crippen molar-refractivity contribution in [2.75, 3.05) is 60.3 Å². The Bertz CT molecular complexity index is 159. The van der Waals surface area contributed by atoms with Gasteiger partial charge in [-0.1, -0.05) is 0 Å². The van der Waals surface area contributed by atoms with Crippen LogP contribution in [0.4, 0.5) is 0 Å². The molecular formula is C12H26ClNO3. The highest BCUT2D eigenvalue weighted by Gasteiger charge is 2.01. The van der Waals surface area contributed by atoms with Gasteiger partial charge in [0.25, 0.3) is 0 Å². The first-order valence-electron chi connectivity index (χ1n) is 6.14. The van der Waals surface area contributed by atoms with Gasteiger partial charge < -0.3 is 19.1 Å². The molecule has 0 N–H and O–H groups in total. The number of rotatable bonds is 12. The zero-order valence-electron chi connectivity index (χ0n) is 11.3. The van der Waals surface area contributed by atoms with E-state index in [4.69, 9.17) is 25.8 Å². The number of nitrogens with zero attached hydrogens (tertiary/aromatic N) is 1. The van der Waals surface area contributed by atoms with Crippen molar-refractivity contribution >= 4 is 11.6 Å². The molecular weight excluding hydrogens is 242 g/mol. The Morgan fingerprint density at radius 2 is 1.59 bits per heavy atom. The van der Waals surface area contributed by atoms with Crippen molar-refractivity contribution in [3.63, 3.8) is 0 Å².